The fourth-order valence-electron chi connectivity index (χ4n) is 4.78. The normalized spacial score (nSPS) is 13.4. The highest BCUT2D eigenvalue weighted by Gasteiger charge is 2.25. The molecule has 1 amide bonds. The van der Waals surface area contributed by atoms with Crippen LogP contribution in [0, 0.1) is 6.92 Å². The second kappa shape index (κ2) is 12.8. The van der Waals surface area contributed by atoms with Crippen molar-refractivity contribution in [3.8, 4) is 5.75 Å². The van der Waals surface area contributed by atoms with E-state index in [-0.39, 0.29) is 12.5 Å². The van der Waals surface area contributed by atoms with Gasteiger partial charge >= 0.3 is 0 Å². The van der Waals surface area contributed by atoms with Crippen LogP contribution in [-0.2, 0) is 17.8 Å². The van der Waals surface area contributed by atoms with Crippen LogP contribution in [0.5, 0.6) is 5.75 Å². The van der Waals surface area contributed by atoms with E-state index < -0.39 is 0 Å². The summed E-state index contributed by atoms with van der Waals surface area (Å²) in [5.74, 6) is 1.79. The van der Waals surface area contributed by atoms with Gasteiger partial charge in [-0.15, -0.1) is 0 Å². The van der Waals surface area contributed by atoms with Gasteiger partial charge in [0.05, 0.1) is 18.8 Å². The quantitative estimate of drug-likeness (QED) is 0.275. The Kier molecular flexibility index (Phi) is 8.73. The summed E-state index contributed by atoms with van der Waals surface area (Å²) in [4.78, 5) is 24.7. The van der Waals surface area contributed by atoms with Crippen LogP contribution in [-0.4, -0.2) is 59.5 Å². The third-order valence-electron chi connectivity index (χ3n) is 6.89. The highest BCUT2D eigenvalue weighted by atomic mass is 32.1. The second-order valence-corrected chi connectivity index (χ2v) is 10.5. The smallest absolute Gasteiger partial charge is 0.242 e. The summed E-state index contributed by atoms with van der Waals surface area (Å²) in [5.41, 5.74) is 4.64. The number of nitrogens with zero attached hydrogens (tertiary/aromatic N) is 5. The molecule has 1 saturated heterocycles. The summed E-state index contributed by atoms with van der Waals surface area (Å²) < 4.78 is 10.5. The number of carbonyl (C=O) groups is 1. The van der Waals surface area contributed by atoms with Crippen molar-refractivity contribution in [3.63, 3.8) is 0 Å². The molecule has 0 radical (unpaired) electrons. The number of amides is 1. The van der Waals surface area contributed by atoms with Crippen molar-refractivity contribution in [1.82, 2.24) is 14.3 Å². The fraction of sp³-hybridized carbons (Fsp3) is 0.323. The minimum Gasteiger partial charge on any atom is -0.492 e. The molecule has 5 rings (SSSR count). The van der Waals surface area contributed by atoms with Gasteiger partial charge in [0.15, 0.2) is 0 Å². The van der Waals surface area contributed by atoms with Crippen LogP contribution in [0.3, 0.4) is 0 Å². The molecule has 0 aliphatic carbocycles. The predicted molar refractivity (Wildman–Crippen MR) is 158 cm³/mol. The van der Waals surface area contributed by atoms with Gasteiger partial charge in [-0.1, -0.05) is 72.3 Å². The van der Waals surface area contributed by atoms with Crippen molar-refractivity contribution in [3.05, 3.63) is 101 Å². The molecule has 0 saturated carbocycles. The average molecular weight is 542 g/mol. The molecule has 8 heteroatoms. The zero-order valence-electron chi connectivity index (χ0n) is 22.6. The Morgan fingerprint density at radius 3 is 2.38 bits per heavy atom. The maximum atomic E-state index is 13.5. The van der Waals surface area contributed by atoms with E-state index in [0.29, 0.717) is 32.7 Å². The maximum absolute atomic E-state index is 13.5. The van der Waals surface area contributed by atoms with Crippen molar-refractivity contribution in [2.24, 2.45) is 0 Å². The molecular formula is C31H35N5O2S. The first-order valence-corrected chi connectivity index (χ1v) is 14.3. The van der Waals surface area contributed by atoms with E-state index in [9.17, 15) is 4.79 Å². The number of ether oxygens (including phenoxy) is 1. The van der Waals surface area contributed by atoms with E-state index in [1.165, 1.54) is 22.7 Å². The molecule has 3 aromatic carbocycles. The van der Waals surface area contributed by atoms with Gasteiger partial charge in [-0.05, 0) is 37.1 Å². The van der Waals surface area contributed by atoms with Gasteiger partial charge in [-0.3, -0.25) is 4.79 Å². The van der Waals surface area contributed by atoms with E-state index >= 15 is 0 Å². The largest absolute Gasteiger partial charge is 0.492 e. The number of piperazine rings is 1. The molecule has 0 atom stereocenters. The molecule has 0 unspecified atom stereocenters. The van der Waals surface area contributed by atoms with Gasteiger partial charge in [0.1, 0.15) is 11.6 Å². The Hall–Kier alpha value is -3.91. The molecule has 1 aliphatic heterocycles. The van der Waals surface area contributed by atoms with Gasteiger partial charge in [-0.25, -0.2) is 4.98 Å². The van der Waals surface area contributed by atoms with Crippen LogP contribution in [0.15, 0.2) is 78.9 Å². The number of rotatable bonds is 10. The molecule has 1 aromatic heterocycles. The summed E-state index contributed by atoms with van der Waals surface area (Å²) in [7, 11) is 0. The number of hydrogen-bond donors (Lipinski definition) is 0. The molecule has 2 heterocycles. The monoisotopic (exact) mass is 541 g/mol. The minimum absolute atomic E-state index is 0.110. The highest BCUT2D eigenvalue weighted by molar-refractivity contribution is 7.09. The highest BCUT2D eigenvalue weighted by Crippen LogP contribution is 2.29. The average Bonchev–Trinajstić information content (AvgIpc) is 3.43. The second-order valence-electron chi connectivity index (χ2n) is 9.77. The lowest BCUT2D eigenvalue weighted by Gasteiger charge is -2.37. The van der Waals surface area contributed by atoms with E-state index in [2.05, 4.69) is 63.6 Å². The first-order valence-electron chi connectivity index (χ1n) is 13.5. The van der Waals surface area contributed by atoms with E-state index in [1.807, 2.05) is 48.2 Å². The number of para-hydroxylation sites is 2. The lowest BCUT2D eigenvalue weighted by atomic mass is 10.1. The molecule has 0 bridgehead atoms. The van der Waals surface area contributed by atoms with Crippen molar-refractivity contribution in [2.45, 2.75) is 26.8 Å². The first-order chi connectivity index (χ1) is 19.1. The van der Waals surface area contributed by atoms with Gasteiger partial charge in [0, 0.05) is 50.7 Å². The van der Waals surface area contributed by atoms with Crippen molar-refractivity contribution < 1.29 is 9.53 Å². The molecule has 4 aromatic rings. The third kappa shape index (κ3) is 6.95. The van der Waals surface area contributed by atoms with Crippen LogP contribution in [0.2, 0.25) is 0 Å². The zero-order chi connectivity index (χ0) is 27.0. The lowest BCUT2D eigenvalue weighted by Crippen LogP contribution is -2.51. The Morgan fingerprint density at radius 1 is 0.923 bits per heavy atom. The zero-order valence-corrected chi connectivity index (χ0v) is 23.4. The van der Waals surface area contributed by atoms with Crippen molar-refractivity contribution >= 4 is 28.3 Å². The fourth-order valence-corrected chi connectivity index (χ4v) is 5.47. The number of carbonyl (C=O) groups excluding carboxylic acids is 1. The molecule has 0 N–H and O–H groups in total. The van der Waals surface area contributed by atoms with Crippen LogP contribution >= 0.6 is 11.5 Å². The Bertz CT molecular complexity index is 1350. The molecule has 202 valence electrons. The van der Waals surface area contributed by atoms with Gasteiger partial charge in [0.25, 0.3) is 0 Å². The predicted octanol–water partition coefficient (Wildman–Crippen LogP) is 5.19. The number of anilines is 2. The summed E-state index contributed by atoms with van der Waals surface area (Å²) in [6.45, 7) is 8.48. The molecular weight excluding hydrogens is 506 g/mol. The molecule has 1 fully saturated rings. The van der Waals surface area contributed by atoms with E-state index in [4.69, 9.17) is 9.72 Å². The van der Waals surface area contributed by atoms with Crippen molar-refractivity contribution in [2.75, 3.05) is 49.1 Å². The van der Waals surface area contributed by atoms with Crippen LogP contribution in [0.25, 0.3) is 0 Å². The van der Waals surface area contributed by atoms with Crippen LogP contribution < -0.4 is 14.5 Å². The standard InChI is InChI=1S/C31H35N5O2S/c1-3-38-28-12-8-7-11-27(28)34-17-19-35(20-18-34)30(37)23-36(22-26-9-5-4-6-10-26)31-32-29(33-39-31)21-25-15-13-24(2)14-16-25/h4-16H,3,17-23H2,1-2H3. The number of benzene rings is 3. The summed E-state index contributed by atoms with van der Waals surface area (Å²) in [5, 5.41) is 0.776. The van der Waals surface area contributed by atoms with E-state index in [0.717, 1.165) is 41.0 Å². The van der Waals surface area contributed by atoms with Gasteiger partial charge < -0.3 is 19.4 Å². The van der Waals surface area contributed by atoms with Gasteiger partial charge in [-0.2, -0.15) is 4.37 Å². The van der Waals surface area contributed by atoms with Crippen molar-refractivity contribution in [1.29, 1.82) is 0 Å². The number of aryl methyl sites for hydroxylation is 1. The van der Waals surface area contributed by atoms with Crippen LogP contribution in [0.4, 0.5) is 10.8 Å². The summed E-state index contributed by atoms with van der Waals surface area (Å²) >= 11 is 1.36. The summed E-state index contributed by atoms with van der Waals surface area (Å²) in [6.07, 6.45) is 0.676. The maximum Gasteiger partial charge on any atom is 0.242 e. The Labute approximate surface area is 234 Å². The molecule has 0 spiro atoms. The van der Waals surface area contributed by atoms with Crippen LogP contribution in [0.1, 0.15) is 29.4 Å². The topological polar surface area (TPSA) is 61.8 Å². The lowest BCUT2D eigenvalue weighted by molar-refractivity contribution is -0.130. The summed E-state index contributed by atoms with van der Waals surface area (Å²) in [6, 6.07) is 26.8. The number of aromatic nitrogens is 2. The Balaban J connectivity index is 1.26. The minimum atomic E-state index is 0.110. The molecule has 7 nitrogen and oxygen atoms in total. The Morgan fingerprint density at radius 2 is 1.64 bits per heavy atom. The number of hydrogen-bond acceptors (Lipinski definition) is 7. The van der Waals surface area contributed by atoms with Gasteiger partial charge in [0.2, 0.25) is 11.0 Å². The SMILES string of the molecule is CCOc1ccccc1N1CCN(C(=O)CN(Cc2ccccc2)c2nc(Cc3ccc(C)cc3)ns2)CC1. The molecule has 39 heavy (non-hydrogen) atoms. The molecule has 1 aliphatic rings. The first kappa shape index (κ1) is 26.7. The van der Waals surface area contributed by atoms with E-state index in [1.54, 1.807) is 0 Å². The third-order valence-corrected chi connectivity index (χ3v) is 7.71.